The number of ether oxygens (including phenoxy) is 1. The molecule has 0 saturated carbocycles. The molecule has 1 N–H and O–H groups in total. The monoisotopic (exact) mass is 512 g/mol. The van der Waals surface area contributed by atoms with E-state index in [1.807, 2.05) is 44.2 Å². The molecule has 0 unspecified atom stereocenters. The number of para-hydroxylation sites is 1. The average molecular weight is 513 g/mol. The predicted octanol–water partition coefficient (Wildman–Crippen LogP) is 7.52. The highest BCUT2D eigenvalue weighted by Crippen LogP contribution is 2.40. The number of carbonyl (C=O) groups is 2. The van der Waals surface area contributed by atoms with Crippen molar-refractivity contribution in [2.75, 3.05) is 5.32 Å². The van der Waals surface area contributed by atoms with Gasteiger partial charge in [-0.1, -0.05) is 48.9 Å². The third kappa shape index (κ3) is 5.03. The van der Waals surface area contributed by atoms with E-state index in [1.54, 1.807) is 0 Å². The summed E-state index contributed by atoms with van der Waals surface area (Å²) in [6, 6.07) is 15.8. The van der Waals surface area contributed by atoms with Crippen LogP contribution >= 0.6 is 11.3 Å². The first-order valence-corrected chi connectivity index (χ1v) is 13.7. The molecule has 0 radical (unpaired) electrons. The number of esters is 1. The van der Waals surface area contributed by atoms with Crippen molar-refractivity contribution in [3.63, 3.8) is 0 Å². The molecule has 0 saturated heterocycles. The van der Waals surface area contributed by atoms with Crippen molar-refractivity contribution >= 4 is 39.1 Å². The summed E-state index contributed by atoms with van der Waals surface area (Å²) >= 11 is 1.51. The Morgan fingerprint density at radius 1 is 1.11 bits per heavy atom. The van der Waals surface area contributed by atoms with Gasteiger partial charge >= 0.3 is 5.97 Å². The number of hydrogen-bond acceptors (Lipinski definition) is 5. The number of rotatable bonds is 5. The minimum absolute atomic E-state index is 0.237. The summed E-state index contributed by atoms with van der Waals surface area (Å²) in [5.41, 5.74) is 6.85. The number of hydrogen-bond donors (Lipinski definition) is 1. The molecule has 1 amide bonds. The van der Waals surface area contributed by atoms with Crippen LogP contribution in [0.15, 0.2) is 48.5 Å². The standard InChI is InChI=1S/C31H32N2O3S/c1-17(2)36-31(35)28-23-13-11-19(4)15-27(23)37-30(28)33-29(34)24-16-26(21-12-10-18(3)14-20(21)5)32-25-9-7-6-8-22(24)25/h6-10,12,14,16-17,19H,11,13,15H2,1-5H3,(H,33,34)/t19-/m1/s1. The van der Waals surface area contributed by atoms with E-state index >= 15 is 0 Å². The van der Waals surface area contributed by atoms with E-state index in [0.29, 0.717) is 22.0 Å². The van der Waals surface area contributed by atoms with E-state index in [4.69, 9.17) is 9.72 Å². The van der Waals surface area contributed by atoms with Crippen molar-refractivity contribution in [2.45, 2.75) is 60.0 Å². The molecular formula is C31H32N2O3S. The summed E-state index contributed by atoms with van der Waals surface area (Å²) in [5, 5.41) is 4.44. The van der Waals surface area contributed by atoms with E-state index in [-0.39, 0.29) is 18.0 Å². The number of aromatic nitrogens is 1. The number of aryl methyl sites for hydroxylation is 2. The topological polar surface area (TPSA) is 68.3 Å². The average Bonchev–Trinajstić information content (AvgIpc) is 3.19. The number of nitrogens with one attached hydrogen (secondary N) is 1. The lowest BCUT2D eigenvalue weighted by molar-refractivity contribution is 0.0378. The van der Waals surface area contributed by atoms with Gasteiger partial charge in [-0.15, -0.1) is 11.3 Å². The van der Waals surface area contributed by atoms with Crippen LogP contribution in [0.2, 0.25) is 0 Å². The SMILES string of the molecule is Cc1ccc(-c2cc(C(=O)Nc3sc4c(c3C(=O)OC(C)C)CC[C@@H](C)C4)c3ccccc3n2)c(C)c1. The number of nitrogens with zero attached hydrogens (tertiary/aromatic N) is 1. The molecule has 1 aliphatic carbocycles. The molecule has 2 aromatic heterocycles. The number of benzene rings is 2. The van der Waals surface area contributed by atoms with Gasteiger partial charge in [-0.2, -0.15) is 0 Å². The zero-order valence-corrected chi connectivity index (χ0v) is 22.8. The van der Waals surface area contributed by atoms with E-state index < -0.39 is 0 Å². The van der Waals surface area contributed by atoms with Gasteiger partial charge in [0.25, 0.3) is 5.91 Å². The maximum absolute atomic E-state index is 13.8. The molecule has 6 heteroatoms. The van der Waals surface area contributed by atoms with Crippen LogP contribution < -0.4 is 5.32 Å². The van der Waals surface area contributed by atoms with Gasteiger partial charge in [0.15, 0.2) is 0 Å². The van der Waals surface area contributed by atoms with Gasteiger partial charge in [0, 0.05) is 15.8 Å². The third-order valence-electron chi connectivity index (χ3n) is 6.90. The normalized spacial score (nSPS) is 15.0. The second-order valence-corrected chi connectivity index (χ2v) is 11.5. The van der Waals surface area contributed by atoms with Gasteiger partial charge in [-0.25, -0.2) is 9.78 Å². The Labute approximate surface area is 221 Å². The minimum atomic E-state index is -0.368. The van der Waals surface area contributed by atoms with Crippen molar-refractivity contribution in [3.8, 4) is 11.3 Å². The molecule has 37 heavy (non-hydrogen) atoms. The van der Waals surface area contributed by atoms with Gasteiger partial charge in [-0.05, 0) is 76.1 Å². The number of carbonyl (C=O) groups excluding carboxylic acids is 2. The molecule has 5 nitrogen and oxygen atoms in total. The zero-order valence-electron chi connectivity index (χ0n) is 22.0. The van der Waals surface area contributed by atoms with E-state index in [1.165, 1.54) is 21.8 Å². The highest BCUT2D eigenvalue weighted by atomic mass is 32.1. The summed E-state index contributed by atoms with van der Waals surface area (Å²) in [7, 11) is 0. The summed E-state index contributed by atoms with van der Waals surface area (Å²) in [6.45, 7) is 10.0. The molecular weight excluding hydrogens is 480 g/mol. The molecule has 0 bridgehead atoms. The largest absolute Gasteiger partial charge is 0.459 e. The molecule has 5 rings (SSSR count). The van der Waals surface area contributed by atoms with Crippen LogP contribution in [0.5, 0.6) is 0 Å². The lowest BCUT2D eigenvalue weighted by Crippen LogP contribution is -2.19. The maximum atomic E-state index is 13.8. The first-order chi connectivity index (χ1) is 17.7. The van der Waals surface area contributed by atoms with Crippen molar-refractivity contribution in [1.29, 1.82) is 0 Å². The highest BCUT2D eigenvalue weighted by molar-refractivity contribution is 7.17. The molecule has 0 spiro atoms. The zero-order chi connectivity index (χ0) is 26.3. The second-order valence-electron chi connectivity index (χ2n) is 10.4. The number of thiophene rings is 1. The Hall–Kier alpha value is -3.51. The van der Waals surface area contributed by atoms with E-state index in [2.05, 4.69) is 44.3 Å². The van der Waals surface area contributed by atoms with Crippen LogP contribution in [0.4, 0.5) is 5.00 Å². The van der Waals surface area contributed by atoms with E-state index in [9.17, 15) is 9.59 Å². The van der Waals surface area contributed by atoms with Gasteiger partial charge in [0.2, 0.25) is 0 Å². The molecule has 4 aromatic rings. The second kappa shape index (κ2) is 10.1. The molecule has 0 fully saturated rings. The van der Waals surface area contributed by atoms with Crippen molar-refractivity contribution in [3.05, 3.63) is 81.2 Å². The lowest BCUT2D eigenvalue weighted by Gasteiger charge is -2.19. The van der Waals surface area contributed by atoms with Crippen LogP contribution in [0.25, 0.3) is 22.2 Å². The van der Waals surface area contributed by atoms with Crippen LogP contribution in [0.3, 0.4) is 0 Å². The summed E-state index contributed by atoms with van der Waals surface area (Å²) < 4.78 is 5.59. The fourth-order valence-corrected chi connectivity index (χ4v) is 6.49. The van der Waals surface area contributed by atoms with Gasteiger partial charge < -0.3 is 10.1 Å². The smallest absolute Gasteiger partial charge is 0.341 e. The lowest BCUT2D eigenvalue weighted by atomic mass is 9.88. The highest BCUT2D eigenvalue weighted by Gasteiger charge is 2.30. The molecule has 1 atom stereocenters. The molecule has 0 aliphatic heterocycles. The van der Waals surface area contributed by atoms with Crippen molar-refractivity contribution < 1.29 is 14.3 Å². The predicted molar refractivity (Wildman–Crippen MR) is 151 cm³/mol. The van der Waals surface area contributed by atoms with Gasteiger partial charge in [-0.3, -0.25) is 4.79 Å². The number of fused-ring (bicyclic) bond motifs is 2. The summed E-state index contributed by atoms with van der Waals surface area (Å²) in [4.78, 5) is 33.0. The Balaban J connectivity index is 1.59. The Morgan fingerprint density at radius 2 is 1.89 bits per heavy atom. The summed E-state index contributed by atoms with van der Waals surface area (Å²) in [5.74, 6) is -0.0733. The first kappa shape index (κ1) is 25.2. The van der Waals surface area contributed by atoms with Gasteiger partial charge in [0.1, 0.15) is 5.00 Å². The van der Waals surface area contributed by atoms with Crippen LogP contribution in [0.1, 0.15) is 69.5 Å². The maximum Gasteiger partial charge on any atom is 0.341 e. The minimum Gasteiger partial charge on any atom is -0.459 e. The quantitative estimate of drug-likeness (QED) is 0.281. The molecule has 2 aromatic carbocycles. The first-order valence-electron chi connectivity index (χ1n) is 12.9. The van der Waals surface area contributed by atoms with Crippen LogP contribution in [-0.2, 0) is 17.6 Å². The van der Waals surface area contributed by atoms with E-state index in [0.717, 1.165) is 52.5 Å². The molecule has 190 valence electrons. The fraction of sp³-hybridized carbons (Fsp3) is 0.323. The number of anilines is 1. The van der Waals surface area contributed by atoms with Gasteiger partial charge in [0.05, 0.1) is 28.4 Å². The van der Waals surface area contributed by atoms with Crippen molar-refractivity contribution in [2.24, 2.45) is 5.92 Å². The van der Waals surface area contributed by atoms with Crippen LogP contribution in [0, 0.1) is 19.8 Å². The Kier molecular flexibility index (Phi) is 6.86. The summed E-state index contributed by atoms with van der Waals surface area (Å²) in [6.07, 6.45) is 2.51. The number of amides is 1. The van der Waals surface area contributed by atoms with Crippen molar-refractivity contribution in [1.82, 2.24) is 4.98 Å². The third-order valence-corrected chi connectivity index (χ3v) is 8.07. The van der Waals surface area contributed by atoms with Crippen LogP contribution in [-0.4, -0.2) is 23.0 Å². The molecule has 2 heterocycles. The molecule has 1 aliphatic rings. The Bertz CT molecular complexity index is 1520. The number of pyridine rings is 1. The Morgan fingerprint density at radius 3 is 2.65 bits per heavy atom. The fourth-order valence-electron chi connectivity index (χ4n) is 5.10.